The van der Waals surface area contributed by atoms with Gasteiger partial charge in [0.15, 0.2) is 5.16 Å². The highest BCUT2D eigenvalue weighted by atomic mass is 32.2. The van der Waals surface area contributed by atoms with Crippen LogP contribution in [0.2, 0.25) is 0 Å². The molecule has 7 heteroatoms. The monoisotopic (exact) mass is 402 g/mol. The van der Waals surface area contributed by atoms with Gasteiger partial charge in [-0.1, -0.05) is 44.7 Å². The summed E-state index contributed by atoms with van der Waals surface area (Å²) in [5.74, 6) is 1.50. The molecule has 1 aromatic heterocycles. The summed E-state index contributed by atoms with van der Waals surface area (Å²) in [5.41, 5.74) is 2.66. The van der Waals surface area contributed by atoms with Crippen LogP contribution >= 0.6 is 11.8 Å². The smallest absolute Gasteiger partial charge is 0.251 e. The van der Waals surface area contributed by atoms with Crippen molar-refractivity contribution in [2.45, 2.75) is 37.1 Å². The highest BCUT2D eigenvalue weighted by Crippen LogP contribution is 2.27. The summed E-state index contributed by atoms with van der Waals surface area (Å²) in [6.07, 6.45) is 0. The first-order chi connectivity index (χ1) is 13.2. The van der Waals surface area contributed by atoms with E-state index < -0.39 is 0 Å². The summed E-state index contributed by atoms with van der Waals surface area (Å²) in [6.45, 7) is 7.44. The van der Waals surface area contributed by atoms with E-state index in [1.165, 1.54) is 0 Å². The lowest BCUT2D eigenvalue weighted by molar-refractivity contribution is 0.0937. The van der Waals surface area contributed by atoms with E-state index >= 15 is 0 Å². The first kappa shape index (κ1) is 22.2. The molecule has 0 aliphatic rings. The number of carbonyl (C=O) groups excluding carboxylic acids is 1. The Bertz CT molecular complexity index is 803. The number of ether oxygens (including phenoxy) is 1. The molecule has 1 amide bonds. The molecule has 1 aromatic carbocycles. The third kappa shape index (κ3) is 6.49. The second-order valence-corrected chi connectivity index (χ2v) is 8.72. The van der Waals surface area contributed by atoms with Crippen molar-refractivity contribution in [3.05, 3.63) is 47.2 Å². The van der Waals surface area contributed by atoms with Crippen LogP contribution in [0.25, 0.3) is 0 Å². The number of methoxy groups -OCH3 is 1. The minimum absolute atomic E-state index is 0.0524. The van der Waals surface area contributed by atoms with E-state index in [0.29, 0.717) is 24.5 Å². The normalized spacial score (nSPS) is 11.4. The minimum atomic E-state index is -0.0928. The van der Waals surface area contributed by atoms with Gasteiger partial charge in [-0.2, -0.15) is 0 Å². The second kappa shape index (κ2) is 9.89. The van der Waals surface area contributed by atoms with Crippen molar-refractivity contribution in [2.75, 3.05) is 39.3 Å². The molecule has 0 aliphatic carbocycles. The van der Waals surface area contributed by atoms with Gasteiger partial charge in [0.25, 0.3) is 5.91 Å². The fourth-order valence-corrected chi connectivity index (χ4v) is 3.21. The van der Waals surface area contributed by atoms with Gasteiger partial charge in [0.1, 0.15) is 5.82 Å². The van der Waals surface area contributed by atoms with Crippen LogP contribution in [-0.4, -0.2) is 50.2 Å². The van der Waals surface area contributed by atoms with Gasteiger partial charge in [0, 0.05) is 50.5 Å². The summed E-state index contributed by atoms with van der Waals surface area (Å²) >= 11 is 1.58. The van der Waals surface area contributed by atoms with Crippen LogP contribution in [0.3, 0.4) is 0 Å². The molecule has 1 heterocycles. The number of nitrogens with zero attached hydrogens (tertiary/aromatic N) is 3. The van der Waals surface area contributed by atoms with Crippen molar-refractivity contribution in [2.24, 2.45) is 0 Å². The molecule has 1 N–H and O–H groups in total. The second-order valence-electron chi connectivity index (χ2n) is 7.78. The van der Waals surface area contributed by atoms with Gasteiger partial charge in [-0.3, -0.25) is 4.79 Å². The SMILES string of the molecule is COCCNC(=O)c1cccc(CSc2nc(N(C)C)cc(C(C)(C)C)n2)c1. The molecule has 152 valence electrons. The van der Waals surface area contributed by atoms with Gasteiger partial charge >= 0.3 is 0 Å². The molecule has 6 nitrogen and oxygen atoms in total. The van der Waals surface area contributed by atoms with Crippen LogP contribution in [0.4, 0.5) is 5.82 Å². The fourth-order valence-electron chi connectivity index (χ4n) is 2.41. The molecule has 2 aromatic rings. The van der Waals surface area contributed by atoms with Crippen molar-refractivity contribution in [1.29, 1.82) is 0 Å². The summed E-state index contributed by atoms with van der Waals surface area (Å²) in [4.78, 5) is 23.6. The maximum absolute atomic E-state index is 12.2. The van der Waals surface area contributed by atoms with Gasteiger partial charge in [-0.05, 0) is 17.7 Å². The van der Waals surface area contributed by atoms with Crippen LogP contribution in [0.5, 0.6) is 0 Å². The predicted molar refractivity (Wildman–Crippen MR) is 115 cm³/mol. The molecule has 0 unspecified atom stereocenters. The molecule has 2 rings (SSSR count). The van der Waals surface area contributed by atoms with E-state index in [1.54, 1.807) is 18.9 Å². The number of anilines is 1. The van der Waals surface area contributed by atoms with E-state index in [-0.39, 0.29) is 11.3 Å². The standard InChI is InChI=1S/C21H30N4O2S/c1-21(2,3)17-13-18(25(4)5)24-20(23-17)28-14-15-8-7-9-16(12-15)19(26)22-10-11-27-6/h7-9,12-13H,10-11,14H2,1-6H3,(H,22,26). The van der Waals surface area contributed by atoms with Crippen molar-refractivity contribution < 1.29 is 9.53 Å². The highest BCUT2D eigenvalue weighted by Gasteiger charge is 2.19. The topological polar surface area (TPSA) is 67.3 Å². The Morgan fingerprint density at radius 1 is 1.21 bits per heavy atom. The maximum Gasteiger partial charge on any atom is 0.251 e. The molecular formula is C21H30N4O2S. The van der Waals surface area contributed by atoms with Crippen molar-refractivity contribution >= 4 is 23.5 Å². The zero-order valence-electron chi connectivity index (χ0n) is 17.6. The average molecular weight is 403 g/mol. The number of amides is 1. The van der Waals surface area contributed by atoms with Gasteiger partial charge in [-0.25, -0.2) is 9.97 Å². The van der Waals surface area contributed by atoms with E-state index in [9.17, 15) is 4.79 Å². The molecule has 0 fully saturated rings. The Hall–Kier alpha value is -2.12. The van der Waals surface area contributed by atoms with Gasteiger partial charge in [0.05, 0.1) is 12.3 Å². The Labute approximate surface area is 172 Å². The van der Waals surface area contributed by atoms with E-state index in [1.807, 2.05) is 49.3 Å². The van der Waals surface area contributed by atoms with Crippen LogP contribution in [0, 0.1) is 0 Å². The third-order valence-electron chi connectivity index (χ3n) is 4.07. The zero-order chi connectivity index (χ0) is 20.7. The summed E-state index contributed by atoms with van der Waals surface area (Å²) in [6, 6.07) is 9.68. The molecule has 0 radical (unpaired) electrons. The quantitative estimate of drug-likeness (QED) is 0.414. The van der Waals surface area contributed by atoms with Gasteiger partial charge in [-0.15, -0.1) is 0 Å². The fraction of sp³-hybridized carbons (Fsp3) is 0.476. The first-order valence-corrected chi connectivity index (χ1v) is 10.2. The Morgan fingerprint density at radius 2 is 1.96 bits per heavy atom. The Morgan fingerprint density at radius 3 is 2.61 bits per heavy atom. The number of aromatic nitrogens is 2. The van der Waals surface area contributed by atoms with Gasteiger partial charge in [0.2, 0.25) is 0 Å². The van der Waals surface area contributed by atoms with Crippen molar-refractivity contribution in [3.63, 3.8) is 0 Å². The lowest BCUT2D eigenvalue weighted by atomic mass is 9.92. The van der Waals surface area contributed by atoms with Crippen LogP contribution < -0.4 is 10.2 Å². The molecule has 28 heavy (non-hydrogen) atoms. The predicted octanol–water partition coefficient (Wildman–Crippen LogP) is 3.51. The molecule has 0 saturated heterocycles. The zero-order valence-corrected chi connectivity index (χ0v) is 18.4. The van der Waals surface area contributed by atoms with Crippen LogP contribution in [0.1, 0.15) is 42.4 Å². The van der Waals surface area contributed by atoms with Crippen LogP contribution in [0.15, 0.2) is 35.5 Å². The number of thioether (sulfide) groups is 1. The molecule has 0 saturated carbocycles. The number of carbonyl (C=O) groups is 1. The first-order valence-electron chi connectivity index (χ1n) is 9.26. The molecule has 0 spiro atoms. The van der Waals surface area contributed by atoms with Crippen molar-refractivity contribution in [3.8, 4) is 0 Å². The summed E-state index contributed by atoms with van der Waals surface area (Å²) in [5, 5.41) is 3.59. The lowest BCUT2D eigenvalue weighted by Crippen LogP contribution is -2.26. The highest BCUT2D eigenvalue weighted by molar-refractivity contribution is 7.98. The van der Waals surface area contributed by atoms with Crippen LogP contribution in [-0.2, 0) is 15.9 Å². The van der Waals surface area contributed by atoms with Gasteiger partial charge < -0.3 is 15.0 Å². The summed E-state index contributed by atoms with van der Waals surface area (Å²) in [7, 11) is 5.58. The largest absolute Gasteiger partial charge is 0.383 e. The molecule has 0 bridgehead atoms. The Balaban J connectivity index is 2.12. The minimum Gasteiger partial charge on any atom is -0.383 e. The number of nitrogens with one attached hydrogen (secondary N) is 1. The number of hydrogen-bond acceptors (Lipinski definition) is 6. The summed E-state index contributed by atoms with van der Waals surface area (Å²) < 4.78 is 4.96. The van der Waals surface area contributed by atoms with E-state index in [4.69, 9.17) is 9.72 Å². The maximum atomic E-state index is 12.2. The molecule has 0 atom stereocenters. The molecule has 0 aliphatic heterocycles. The number of benzene rings is 1. The molecular weight excluding hydrogens is 372 g/mol. The Kier molecular flexibility index (Phi) is 7.83. The number of rotatable bonds is 8. The average Bonchev–Trinajstić information content (AvgIpc) is 2.65. The van der Waals surface area contributed by atoms with Crippen molar-refractivity contribution in [1.82, 2.24) is 15.3 Å². The lowest BCUT2D eigenvalue weighted by Gasteiger charge is -2.21. The number of hydrogen-bond donors (Lipinski definition) is 1. The van der Waals surface area contributed by atoms with E-state index in [0.717, 1.165) is 22.2 Å². The third-order valence-corrected chi connectivity index (χ3v) is 4.99. The van der Waals surface area contributed by atoms with E-state index in [2.05, 4.69) is 31.1 Å².